The lowest BCUT2D eigenvalue weighted by Crippen LogP contribution is -2.43. The van der Waals surface area contributed by atoms with E-state index in [-0.39, 0.29) is 23.1 Å². The van der Waals surface area contributed by atoms with Gasteiger partial charge in [-0.15, -0.1) is 0 Å². The average molecular weight is 745 g/mol. The molecule has 0 bridgehead atoms. The van der Waals surface area contributed by atoms with Crippen LogP contribution in [0.2, 0.25) is 0 Å². The van der Waals surface area contributed by atoms with E-state index in [0.717, 1.165) is 24.7 Å². The molecule has 0 amide bonds. The molecule has 0 spiro atoms. The van der Waals surface area contributed by atoms with Gasteiger partial charge in [0.25, 0.3) is 0 Å². The van der Waals surface area contributed by atoms with Crippen LogP contribution in [-0.2, 0) is 14.5 Å². The number of aromatic hydroxyl groups is 1. The molecule has 7 N–H and O–H groups in total. The van der Waals surface area contributed by atoms with Crippen molar-refractivity contribution < 1.29 is 41.1 Å². The minimum atomic E-state index is -4.42. The second-order valence-electron chi connectivity index (χ2n) is 12.2. The standard InChI is InChI=1S/C19H20F3N5O5S2.C15H15NO/c1-32-34(30,31)26-14-8-13(17(28)18(14)29)24-15-5-6-23-16-9-12(25-27(15)16)10-3-2-4-11(7-10)33-19(20,21)22;16-15-9-14(15)11-6-4-10(5-7-11)12-2-1-3-13(17)8-12/h2-7,9,13-14,17-18,24,26,28-29H,8H2,1H3;1-8,14-15,17H,9,16H2. The quantitative estimate of drug-likeness (QED) is 0.116. The van der Waals surface area contributed by atoms with Crippen LogP contribution in [0.1, 0.15) is 24.3 Å². The van der Waals surface area contributed by atoms with E-state index in [1.165, 1.54) is 34.5 Å². The Balaban J connectivity index is 0.000000219. The molecule has 2 aliphatic rings. The van der Waals surface area contributed by atoms with Crippen molar-refractivity contribution in [1.29, 1.82) is 0 Å². The van der Waals surface area contributed by atoms with Gasteiger partial charge in [0.15, 0.2) is 5.65 Å². The van der Waals surface area contributed by atoms with Gasteiger partial charge in [-0.25, -0.2) is 4.98 Å². The van der Waals surface area contributed by atoms with Crippen LogP contribution in [0.15, 0.2) is 96.0 Å². The summed E-state index contributed by atoms with van der Waals surface area (Å²) in [6.45, 7) is 0. The molecule has 0 radical (unpaired) electrons. The molecular formula is C34H35F3N6O6S2. The first kappa shape index (κ1) is 36.6. The second kappa shape index (κ2) is 14.8. The highest BCUT2D eigenvalue weighted by Gasteiger charge is 2.43. The lowest BCUT2D eigenvalue weighted by Gasteiger charge is -2.19. The number of rotatable bonds is 9. The Bertz CT molecular complexity index is 2100. The predicted octanol–water partition coefficient (Wildman–Crippen LogP) is 4.64. The van der Waals surface area contributed by atoms with Gasteiger partial charge in [-0.1, -0.05) is 48.5 Å². The second-order valence-corrected chi connectivity index (χ2v) is 14.8. The number of aliphatic hydroxyl groups is 2. The van der Waals surface area contributed by atoms with Crippen LogP contribution in [0, 0.1) is 0 Å². The van der Waals surface area contributed by atoms with E-state index in [9.17, 15) is 36.9 Å². The first-order valence-corrected chi connectivity index (χ1v) is 18.0. The van der Waals surface area contributed by atoms with Crippen molar-refractivity contribution in [1.82, 2.24) is 19.3 Å². The summed E-state index contributed by atoms with van der Waals surface area (Å²) in [5.74, 6) is 1.23. The number of fused-ring (bicyclic) bond motifs is 1. The van der Waals surface area contributed by atoms with E-state index in [0.29, 0.717) is 40.4 Å². The van der Waals surface area contributed by atoms with Crippen molar-refractivity contribution in [3.05, 3.63) is 96.7 Å². The smallest absolute Gasteiger partial charge is 0.446 e. The maximum atomic E-state index is 12.7. The van der Waals surface area contributed by atoms with Gasteiger partial charge in [0.2, 0.25) is 0 Å². The van der Waals surface area contributed by atoms with E-state index < -0.39 is 40.1 Å². The zero-order valence-electron chi connectivity index (χ0n) is 27.0. The van der Waals surface area contributed by atoms with Crippen molar-refractivity contribution in [2.75, 3.05) is 12.4 Å². The molecule has 5 aromatic rings. The lowest BCUT2D eigenvalue weighted by atomic mass is 10.0. The van der Waals surface area contributed by atoms with Crippen molar-refractivity contribution in [3.8, 4) is 28.1 Å². The molecule has 2 fully saturated rings. The number of hydrogen-bond donors (Lipinski definition) is 6. The average Bonchev–Trinajstić information content (AvgIpc) is 3.56. The zero-order chi connectivity index (χ0) is 36.5. The zero-order valence-corrected chi connectivity index (χ0v) is 28.6. The molecule has 6 unspecified atom stereocenters. The summed E-state index contributed by atoms with van der Waals surface area (Å²) in [6, 6.07) is 23.4. The Labute approximate surface area is 295 Å². The molecule has 6 atom stereocenters. The van der Waals surface area contributed by atoms with Crippen molar-refractivity contribution in [2.45, 2.75) is 59.5 Å². The van der Waals surface area contributed by atoms with Crippen LogP contribution in [-0.4, -0.2) is 81.3 Å². The number of aliphatic hydroxyl groups excluding tert-OH is 2. The first-order valence-electron chi connectivity index (χ1n) is 15.8. The molecule has 2 aliphatic carbocycles. The highest BCUT2D eigenvalue weighted by molar-refractivity contribution is 8.00. The number of phenols is 1. The molecule has 3 aromatic carbocycles. The summed E-state index contributed by atoms with van der Waals surface area (Å²) in [4.78, 5) is 4.22. The number of phenolic OH excluding ortho intramolecular Hbond substituents is 1. The number of aromatic nitrogens is 3. The largest absolute Gasteiger partial charge is 0.508 e. The molecule has 2 aromatic heterocycles. The van der Waals surface area contributed by atoms with Crippen LogP contribution >= 0.6 is 11.8 Å². The summed E-state index contributed by atoms with van der Waals surface area (Å²) in [6.07, 6.45) is -0.0758. The fraction of sp³-hybridized carbons (Fsp3) is 0.294. The minimum Gasteiger partial charge on any atom is -0.508 e. The molecule has 51 heavy (non-hydrogen) atoms. The Morgan fingerprint density at radius 2 is 1.61 bits per heavy atom. The number of benzene rings is 3. The lowest BCUT2D eigenvalue weighted by molar-refractivity contribution is -0.0328. The van der Waals surface area contributed by atoms with Crippen LogP contribution in [0.3, 0.4) is 0 Å². The summed E-state index contributed by atoms with van der Waals surface area (Å²) in [7, 11) is -3.11. The Hall–Kier alpha value is -4.23. The van der Waals surface area contributed by atoms with E-state index in [2.05, 4.69) is 48.6 Å². The Morgan fingerprint density at radius 3 is 2.27 bits per heavy atom. The third-order valence-electron chi connectivity index (χ3n) is 8.61. The molecule has 2 heterocycles. The number of anilines is 1. The number of nitrogens with zero attached hydrogens (tertiary/aromatic N) is 3. The molecule has 7 rings (SSSR count). The monoisotopic (exact) mass is 744 g/mol. The third kappa shape index (κ3) is 8.99. The van der Waals surface area contributed by atoms with Gasteiger partial charge in [0, 0.05) is 34.7 Å². The molecule has 17 heteroatoms. The fourth-order valence-corrected chi connectivity index (χ4v) is 7.22. The number of halogens is 3. The topological polar surface area (TPSA) is 184 Å². The van der Waals surface area contributed by atoms with Crippen LogP contribution < -0.4 is 15.8 Å². The molecular weight excluding hydrogens is 710 g/mol. The van der Waals surface area contributed by atoms with E-state index in [1.807, 2.05) is 12.1 Å². The molecule has 270 valence electrons. The molecule has 2 saturated carbocycles. The summed E-state index contributed by atoms with van der Waals surface area (Å²) >= 11 is -0.225. The Morgan fingerprint density at radius 1 is 0.922 bits per heavy atom. The van der Waals surface area contributed by atoms with E-state index in [4.69, 9.17) is 5.73 Å². The maximum Gasteiger partial charge on any atom is 0.446 e. The number of nitrogens with two attached hydrogens (primary N) is 1. The fourth-order valence-electron chi connectivity index (χ4n) is 5.92. The SMILES string of the molecule is COS(=O)(=O)NC1CC(Nc2ccnc3cc(-c4cccc(SC(F)(F)F)c4)nn23)C(O)C1O.NC1CC1c1ccc(-c2cccc(O)c2)cc1. The summed E-state index contributed by atoms with van der Waals surface area (Å²) in [5.41, 5.74) is 6.12. The van der Waals surface area contributed by atoms with Gasteiger partial charge in [0.05, 0.1) is 31.0 Å². The van der Waals surface area contributed by atoms with E-state index in [1.54, 1.807) is 30.3 Å². The van der Waals surface area contributed by atoms with Gasteiger partial charge in [0.1, 0.15) is 17.7 Å². The highest BCUT2D eigenvalue weighted by Crippen LogP contribution is 2.40. The van der Waals surface area contributed by atoms with Crippen LogP contribution in [0.25, 0.3) is 28.0 Å². The molecule has 0 aliphatic heterocycles. The first-order chi connectivity index (χ1) is 24.2. The van der Waals surface area contributed by atoms with Gasteiger partial charge in [-0.05, 0) is 71.6 Å². The number of alkyl halides is 3. The Kier molecular flexibility index (Phi) is 10.6. The summed E-state index contributed by atoms with van der Waals surface area (Å²) < 4.78 is 69.4. The van der Waals surface area contributed by atoms with Crippen molar-refractivity contribution in [3.63, 3.8) is 0 Å². The van der Waals surface area contributed by atoms with Gasteiger partial charge in [-0.3, -0.25) is 4.18 Å². The summed E-state index contributed by atoms with van der Waals surface area (Å²) in [5, 5.41) is 37.6. The normalized spacial score (nSPS) is 23.1. The van der Waals surface area contributed by atoms with Gasteiger partial charge >= 0.3 is 15.8 Å². The number of hydrogen-bond acceptors (Lipinski definition) is 11. The number of nitrogens with one attached hydrogen (secondary N) is 2. The molecule has 12 nitrogen and oxygen atoms in total. The molecule has 0 saturated heterocycles. The highest BCUT2D eigenvalue weighted by atomic mass is 32.2. The predicted molar refractivity (Wildman–Crippen MR) is 186 cm³/mol. The third-order valence-corrected chi connectivity index (χ3v) is 10.4. The van der Waals surface area contributed by atoms with Gasteiger partial charge in [-0.2, -0.15) is 35.9 Å². The van der Waals surface area contributed by atoms with Crippen LogP contribution in [0.4, 0.5) is 19.0 Å². The van der Waals surface area contributed by atoms with E-state index >= 15 is 0 Å². The van der Waals surface area contributed by atoms with Gasteiger partial charge < -0.3 is 26.4 Å². The number of thioether (sulfide) groups is 1. The minimum absolute atomic E-state index is 0.0148. The maximum absolute atomic E-state index is 12.7. The van der Waals surface area contributed by atoms with Crippen molar-refractivity contribution in [2.24, 2.45) is 5.73 Å². The van der Waals surface area contributed by atoms with Crippen molar-refractivity contribution >= 4 is 33.5 Å². The van der Waals surface area contributed by atoms with Crippen LogP contribution in [0.5, 0.6) is 5.75 Å².